The maximum Gasteiger partial charge on any atom is 0.119 e. The third-order valence-electron chi connectivity index (χ3n) is 2.82. The average Bonchev–Trinajstić information content (AvgIpc) is 2.61. The number of hydrogen-bond acceptors (Lipinski definition) is 4. The number of nitrogens with zero attached hydrogens (tertiary/aromatic N) is 1. The summed E-state index contributed by atoms with van der Waals surface area (Å²) < 4.78 is 5.53. The van der Waals surface area contributed by atoms with Crippen LogP contribution >= 0.6 is 11.6 Å². The Bertz CT molecular complexity index is 347. The molecule has 0 saturated carbocycles. The Balaban J connectivity index is 1.71. The van der Waals surface area contributed by atoms with Crippen molar-refractivity contribution in [3.05, 3.63) is 29.3 Å². The normalized spacial score (nSPS) is 25.1. The van der Waals surface area contributed by atoms with Gasteiger partial charge in [-0.3, -0.25) is 4.90 Å². The van der Waals surface area contributed by atoms with Crippen molar-refractivity contribution in [2.75, 3.05) is 26.2 Å². The molecule has 0 radical (unpaired) electrons. The van der Waals surface area contributed by atoms with Crippen molar-refractivity contribution in [3.8, 4) is 5.75 Å². The lowest BCUT2D eigenvalue weighted by Gasteiger charge is -2.15. The molecule has 0 bridgehead atoms. The van der Waals surface area contributed by atoms with Crippen molar-refractivity contribution in [2.24, 2.45) is 0 Å². The molecule has 1 heterocycles. The molecule has 0 aliphatic carbocycles. The number of aliphatic hydroxyl groups excluding tert-OH is 2. The highest BCUT2D eigenvalue weighted by molar-refractivity contribution is 6.30. The van der Waals surface area contributed by atoms with Gasteiger partial charge in [-0.2, -0.15) is 0 Å². The van der Waals surface area contributed by atoms with E-state index in [9.17, 15) is 10.2 Å². The van der Waals surface area contributed by atoms with Crippen LogP contribution < -0.4 is 4.74 Å². The Morgan fingerprint density at radius 2 is 1.76 bits per heavy atom. The van der Waals surface area contributed by atoms with Crippen molar-refractivity contribution in [1.82, 2.24) is 4.90 Å². The molecule has 1 aliphatic heterocycles. The van der Waals surface area contributed by atoms with Crippen LogP contribution in [0.4, 0.5) is 0 Å². The molecule has 4 nitrogen and oxygen atoms in total. The predicted molar refractivity (Wildman–Crippen MR) is 65.4 cm³/mol. The first-order valence-corrected chi connectivity index (χ1v) is 6.00. The standard InChI is InChI=1S/C12H16ClNO3/c13-9-1-3-10(4-2-9)17-6-5-14-7-11(15)12(16)8-14/h1-4,11-12,15-16H,5-8H2. The zero-order valence-electron chi connectivity index (χ0n) is 9.42. The molecule has 2 unspecified atom stereocenters. The van der Waals surface area contributed by atoms with E-state index in [2.05, 4.69) is 0 Å². The van der Waals surface area contributed by atoms with E-state index in [4.69, 9.17) is 16.3 Å². The number of benzene rings is 1. The second-order valence-electron chi connectivity index (χ2n) is 4.20. The number of aliphatic hydroxyl groups is 2. The van der Waals surface area contributed by atoms with Crippen molar-refractivity contribution in [3.63, 3.8) is 0 Å². The summed E-state index contributed by atoms with van der Waals surface area (Å²) in [5.74, 6) is 0.773. The summed E-state index contributed by atoms with van der Waals surface area (Å²) in [5, 5.41) is 19.4. The zero-order valence-corrected chi connectivity index (χ0v) is 10.2. The zero-order chi connectivity index (χ0) is 12.3. The lowest BCUT2D eigenvalue weighted by atomic mass is 10.3. The van der Waals surface area contributed by atoms with E-state index in [0.717, 1.165) is 5.75 Å². The van der Waals surface area contributed by atoms with E-state index in [-0.39, 0.29) is 0 Å². The molecule has 1 fully saturated rings. The molecule has 2 rings (SSSR count). The molecule has 1 aromatic carbocycles. The van der Waals surface area contributed by atoms with Crippen molar-refractivity contribution in [2.45, 2.75) is 12.2 Å². The van der Waals surface area contributed by atoms with Crippen LogP contribution in [0.3, 0.4) is 0 Å². The summed E-state index contributed by atoms with van der Waals surface area (Å²) in [4.78, 5) is 1.98. The fraction of sp³-hybridized carbons (Fsp3) is 0.500. The van der Waals surface area contributed by atoms with Crippen LogP contribution in [0.25, 0.3) is 0 Å². The van der Waals surface area contributed by atoms with Gasteiger partial charge in [-0.15, -0.1) is 0 Å². The first-order chi connectivity index (χ1) is 8.15. The topological polar surface area (TPSA) is 52.9 Å². The van der Waals surface area contributed by atoms with Gasteiger partial charge < -0.3 is 14.9 Å². The highest BCUT2D eigenvalue weighted by Crippen LogP contribution is 2.15. The van der Waals surface area contributed by atoms with Gasteiger partial charge in [0.2, 0.25) is 0 Å². The van der Waals surface area contributed by atoms with Crippen LogP contribution in [-0.4, -0.2) is 53.6 Å². The summed E-state index contributed by atoms with van der Waals surface area (Å²) >= 11 is 5.76. The number of β-amino-alcohol motifs (C(OH)–C–C–N with tert-alkyl or cyclic N) is 2. The molecule has 5 heteroatoms. The fourth-order valence-electron chi connectivity index (χ4n) is 1.85. The summed E-state index contributed by atoms with van der Waals surface area (Å²) in [5.41, 5.74) is 0. The van der Waals surface area contributed by atoms with Crippen molar-refractivity contribution in [1.29, 1.82) is 0 Å². The highest BCUT2D eigenvalue weighted by atomic mass is 35.5. The Hall–Kier alpha value is -0.810. The molecule has 1 aliphatic rings. The van der Waals surface area contributed by atoms with Crippen molar-refractivity contribution >= 4 is 11.6 Å². The van der Waals surface area contributed by atoms with Gasteiger partial charge in [0.05, 0.1) is 12.2 Å². The van der Waals surface area contributed by atoms with Crippen LogP contribution in [0.2, 0.25) is 5.02 Å². The first kappa shape index (κ1) is 12.6. The van der Waals surface area contributed by atoms with Gasteiger partial charge in [-0.1, -0.05) is 11.6 Å². The van der Waals surface area contributed by atoms with E-state index in [1.54, 1.807) is 12.1 Å². The largest absolute Gasteiger partial charge is 0.492 e. The third kappa shape index (κ3) is 3.57. The second kappa shape index (κ2) is 5.69. The summed E-state index contributed by atoms with van der Waals surface area (Å²) in [6, 6.07) is 7.19. The minimum atomic E-state index is -0.634. The lowest BCUT2D eigenvalue weighted by Crippen LogP contribution is -2.27. The van der Waals surface area contributed by atoms with Crippen LogP contribution in [0.1, 0.15) is 0 Å². The maximum absolute atomic E-state index is 9.37. The van der Waals surface area contributed by atoms with Crippen LogP contribution in [-0.2, 0) is 0 Å². The lowest BCUT2D eigenvalue weighted by molar-refractivity contribution is 0.0572. The quantitative estimate of drug-likeness (QED) is 0.836. The molecule has 0 aromatic heterocycles. The highest BCUT2D eigenvalue weighted by Gasteiger charge is 2.28. The van der Waals surface area contributed by atoms with Gasteiger partial charge in [0.1, 0.15) is 12.4 Å². The van der Waals surface area contributed by atoms with Gasteiger partial charge in [0.15, 0.2) is 0 Å². The van der Waals surface area contributed by atoms with E-state index < -0.39 is 12.2 Å². The van der Waals surface area contributed by atoms with E-state index in [1.165, 1.54) is 0 Å². The van der Waals surface area contributed by atoms with E-state index in [0.29, 0.717) is 31.3 Å². The molecule has 17 heavy (non-hydrogen) atoms. The Labute approximate surface area is 105 Å². The molecule has 2 atom stereocenters. The van der Waals surface area contributed by atoms with Gasteiger partial charge in [0.25, 0.3) is 0 Å². The molecule has 1 saturated heterocycles. The average molecular weight is 258 g/mol. The molecule has 1 aromatic rings. The Morgan fingerprint density at radius 1 is 1.18 bits per heavy atom. The minimum absolute atomic E-state index is 0.505. The number of hydrogen-bond donors (Lipinski definition) is 2. The second-order valence-corrected chi connectivity index (χ2v) is 4.63. The number of likely N-dealkylation sites (tertiary alicyclic amines) is 1. The molecule has 0 amide bonds. The molecular formula is C12H16ClNO3. The predicted octanol–water partition coefficient (Wildman–Crippen LogP) is 0.756. The molecule has 94 valence electrons. The maximum atomic E-state index is 9.37. The van der Waals surface area contributed by atoms with E-state index >= 15 is 0 Å². The molecule has 2 N–H and O–H groups in total. The Morgan fingerprint density at radius 3 is 2.35 bits per heavy atom. The SMILES string of the molecule is OC1CN(CCOc2ccc(Cl)cc2)CC1O. The molecule has 0 spiro atoms. The number of rotatable bonds is 4. The number of ether oxygens (including phenoxy) is 1. The van der Waals surface area contributed by atoms with Crippen LogP contribution in [0.5, 0.6) is 5.75 Å². The first-order valence-electron chi connectivity index (χ1n) is 5.62. The monoisotopic (exact) mass is 257 g/mol. The van der Waals surface area contributed by atoms with Crippen LogP contribution in [0.15, 0.2) is 24.3 Å². The summed E-state index contributed by atoms with van der Waals surface area (Å²) in [6.45, 7) is 2.23. The smallest absolute Gasteiger partial charge is 0.119 e. The van der Waals surface area contributed by atoms with Gasteiger partial charge in [0, 0.05) is 24.7 Å². The van der Waals surface area contributed by atoms with Crippen LogP contribution in [0, 0.1) is 0 Å². The molecular weight excluding hydrogens is 242 g/mol. The summed E-state index contributed by atoms with van der Waals surface area (Å²) in [7, 11) is 0. The van der Waals surface area contributed by atoms with E-state index in [1.807, 2.05) is 17.0 Å². The van der Waals surface area contributed by atoms with Gasteiger partial charge in [-0.05, 0) is 24.3 Å². The Kier molecular flexibility index (Phi) is 4.23. The number of halogens is 1. The fourth-order valence-corrected chi connectivity index (χ4v) is 1.98. The van der Waals surface area contributed by atoms with Crippen molar-refractivity contribution < 1.29 is 14.9 Å². The minimum Gasteiger partial charge on any atom is -0.492 e. The third-order valence-corrected chi connectivity index (χ3v) is 3.08. The van der Waals surface area contributed by atoms with Gasteiger partial charge in [-0.25, -0.2) is 0 Å². The summed E-state index contributed by atoms with van der Waals surface area (Å²) in [6.07, 6.45) is -1.27. The van der Waals surface area contributed by atoms with Gasteiger partial charge >= 0.3 is 0 Å².